The Balaban J connectivity index is 3.11. The van der Waals surface area contributed by atoms with E-state index in [1.54, 1.807) is 6.08 Å². The second kappa shape index (κ2) is 12.1. The smallest absolute Gasteiger partial charge is 0.305 e. The van der Waals surface area contributed by atoms with Crippen molar-refractivity contribution < 1.29 is 33.3 Å². The summed E-state index contributed by atoms with van der Waals surface area (Å²) in [6, 6.07) is 0. The van der Waals surface area contributed by atoms with E-state index >= 15 is 0 Å². The Hall–Kier alpha value is -1.44. The Labute approximate surface area is 162 Å². The fourth-order valence-corrected chi connectivity index (χ4v) is 3.05. The first-order valence-electron chi connectivity index (χ1n) is 9.72. The van der Waals surface area contributed by atoms with Crippen molar-refractivity contribution in [3.63, 3.8) is 0 Å². The van der Waals surface area contributed by atoms with Gasteiger partial charge < -0.3 is 23.7 Å². The van der Waals surface area contributed by atoms with E-state index in [1.165, 1.54) is 13.8 Å². The number of carbonyl (C=O) groups excluding carboxylic acids is 2. The molecule has 0 radical (unpaired) electrons. The molecule has 0 amide bonds. The molecule has 0 aromatic heterocycles. The van der Waals surface area contributed by atoms with Gasteiger partial charge in [-0.15, -0.1) is 6.58 Å². The summed E-state index contributed by atoms with van der Waals surface area (Å²) in [7, 11) is 0. The van der Waals surface area contributed by atoms with Crippen molar-refractivity contribution in [2.24, 2.45) is 0 Å². The first-order valence-corrected chi connectivity index (χ1v) is 9.72. The van der Waals surface area contributed by atoms with Crippen molar-refractivity contribution >= 4 is 11.9 Å². The van der Waals surface area contributed by atoms with Crippen LogP contribution in [0.15, 0.2) is 12.7 Å². The second-order valence-electron chi connectivity index (χ2n) is 6.78. The Bertz CT molecular complexity index is 479. The molecule has 0 N–H and O–H groups in total. The number of hydrogen-bond acceptors (Lipinski definition) is 7. The summed E-state index contributed by atoms with van der Waals surface area (Å²) in [6.45, 7) is 11.8. The van der Waals surface area contributed by atoms with Gasteiger partial charge in [0.2, 0.25) is 6.29 Å². The molecule has 1 saturated heterocycles. The molecule has 7 heteroatoms. The molecule has 0 spiro atoms. The van der Waals surface area contributed by atoms with Crippen LogP contribution in [0, 0.1) is 0 Å². The summed E-state index contributed by atoms with van der Waals surface area (Å²) in [5.74, 6) is -1.02. The molecule has 0 aromatic carbocycles. The molecular formula is C20H34O7. The average Bonchev–Trinajstić information content (AvgIpc) is 2.85. The predicted octanol–water partition coefficient (Wildman–Crippen LogP) is 3.15. The van der Waals surface area contributed by atoms with Crippen LogP contribution in [0.3, 0.4) is 0 Å². The largest absolute Gasteiger partial charge is 0.453 e. The van der Waals surface area contributed by atoms with Crippen molar-refractivity contribution in [2.45, 2.75) is 83.9 Å². The lowest BCUT2D eigenvalue weighted by atomic mass is 9.92. The molecule has 0 aliphatic carbocycles. The van der Waals surface area contributed by atoms with E-state index in [0.29, 0.717) is 19.6 Å². The van der Waals surface area contributed by atoms with Gasteiger partial charge in [-0.25, -0.2) is 0 Å². The van der Waals surface area contributed by atoms with E-state index in [4.69, 9.17) is 23.7 Å². The fourth-order valence-electron chi connectivity index (χ4n) is 3.05. The Morgan fingerprint density at radius 1 is 1.07 bits per heavy atom. The molecule has 1 aliphatic heterocycles. The molecule has 2 unspecified atom stereocenters. The normalized spacial score (nSPS) is 27.3. The van der Waals surface area contributed by atoms with Gasteiger partial charge in [0.1, 0.15) is 11.7 Å². The van der Waals surface area contributed by atoms with E-state index in [1.807, 2.05) is 0 Å². The van der Waals surface area contributed by atoms with E-state index in [-0.39, 0.29) is 6.61 Å². The maximum absolute atomic E-state index is 11.6. The highest BCUT2D eigenvalue weighted by molar-refractivity contribution is 5.67. The summed E-state index contributed by atoms with van der Waals surface area (Å²) in [5, 5.41) is 0. The topological polar surface area (TPSA) is 80.3 Å². The van der Waals surface area contributed by atoms with Gasteiger partial charge in [-0.3, -0.25) is 9.59 Å². The molecule has 0 saturated carbocycles. The van der Waals surface area contributed by atoms with Crippen molar-refractivity contribution in [1.82, 2.24) is 0 Å². The van der Waals surface area contributed by atoms with Crippen molar-refractivity contribution in [3.8, 4) is 0 Å². The maximum Gasteiger partial charge on any atom is 0.305 e. The highest BCUT2D eigenvalue weighted by atomic mass is 16.8. The van der Waals surface area contributed by atoms with Gasteiger partial charge in [0, 0.05) is 27.1 Å². The molecule has 4 atom stereocenters. The summed E-state index contributed by atoms with van der Waals surface area (Å²) < 4.78 is 28.7. The van der Waals surface area contributed by atoms with E-state index < -0.39 is 36.0 Å². The van der Waals surface area contributed by atoms with Crippen LogP contribution in [0.5, 0.6) is 0 Å². The SMILES string of the molecule is C=CC[C@]1(COCCCC)OC(OC(C)=O)[C@@H](OC(C)=O)C1OCCCC. The quantitative estimate of drug-likeness (QED) is 0.273. The van der Waals surface area contributed by atoms with E-state index in [0.717, 1.165) is 25.7 Å². The van der Waals surface area contributed by atoms with Gasteiger partial charge in [-0.1, -0.05) is 32.8 Å². The molecule has 1 fully saturated rings. The Morgan fingerprint density at radius 2 is 1.70 bits per heavy atom. The van der Waals surface area contributed by atoms with Gasteiger partial charge in [-0.05, 0) is 19.3 Å². The molecule has 0 bridgehead atoms. The van der Waals surface area contributed by atoms with Gasteiger partial charge in [-0.2, -0.15) is 0 Å². The molecule has 156 valence electrons. The molecule has 7 nitrogen and oxygen atoms in total. The number of carbonyl (C=O) groups is 2. The number of ether oxygens (including phenoxy) is 5. The third-order valence-electron chi connectivity index (χ3n) is 4.29. The summed E-state index contributed by atoms with van der Waals surface area (Å²) in [4.78, 5) is 23.2. The summed E-state index contributed by atoms with van der Waals surface area (Å²) in [5.41, 5.74) is -0.941. The number of esters is 2. The minimum Gasteiger partial charge on any atom is -0.453 e. The standard InChI is InChI=1S/C20H34O7/c1-6-9-12-23-14-20(11-8-3)18(24-13-10-7-2)17(25-15(4)21)19(27-20)26-16(5)22/h8,17-19H,3,6-7,9-14H2,1-2,4-5H3/t17-,18?,19?,20+/m0/s1. The van der Waals surface area contributed by atoms with Crippen LogP contribution in [0.4, 0.5) is 0 Å². The van der Waals surface area contributed by atoms with Crippen LogP contribution in [0.2, 0.25) is 0 Å². The van der Waals surface area contributed by atoms with Crippen LogP contribution in [-0.4, -0.2) is 55.9 Å². The monoisotopic (exact) mass is 386 g/mol. The van der Waals surface area contributed by atoms with Crippen LogP contribution < -0.4 is 0 Å². The first-order chi connectivity index (χ1) is 12.9. The fraction of sp³-hybridized carbons (Fsp3) is 0.800. The van der Waals surface area contributed by atoms with E-state index in [2.05, 4.69) is 20.4 Å². The summed E-state index contributed by atoms with van der Waals surface area (Å²) >= 11 is 0. The van der Waals surface area contributed by atoms with E-state index in [9.17, 15) is 9.59 Å². The zero-order chi connectivity index (χ0) is 20.3. The van der Waals surface area contributed by atoms with Crippen molar-refractivity contribution in [3.05, 3.63) is 12.7 Å². The van der Waals surface area contributed by atoms with Crippen molar-refractivity contribution in [1.29, 1.82) is 0 Å². The second-order valence-corrected chi connectivity index (χ2v) is 6.78. The molecule has 1 rings (SSSR count). The number of hydrogen-bond donors (Lipinski definition) is 0. The lowest BCUT2D eigenvalue weighted by molar-refractivity contribution is -0.210. The van der Waals surface area contributed by atoms with Gasteiger partial charge in [0.05, 0.1) is 6.61 Å². The first kappa shape index (κ1) is 23.6. The zero-order valence-corrected chi connectivity index (χ0v) is 17.0. The maximum atomic E-state index is 11.6. The minimum absolute atomic E-state index is 0.228. The third-order valence-corrected chi connectivity index (χ3v) is 4.29. The average molecular weight is 386 g/mol. The zero-order valence-electron chi connectivity index (χ0n) is 17.0. The van der Waals surface area contributed by atoms with Crippen LogP contribution in [0.1, 0.15) is 59.8 Å². The van der Waals surface area contributed by atoms with Gasteiger partial charge >= 0.3 is 11.9 Å². The number of rotatable bonds is 13. The molecule has 1 aliphatic rings. The van der Waals surface area contributed by atoms with Gasteiger partial charge in [0.15, 0.2) is 6.10 Å². The molecule has 0 aromatic rings. The molecule has 27 heavy (non-hydrogen) atoms. The highest BCUT2D eigenvalue weighted by Crippen LogP contribution is 2.39. The molecular weight excluding hydrogens is 352 g/mol. The van der Waals surface area contributed by atoms with Crippen molar-refractivity contribution in [2.75, 3.05) is 19.8 Å². The van der Waals surface area contributed by atoms with Crippen LogP contribution >= 0.6 is 0 Å². The third kappa shape index (κ3) is 7.24. The minimum atomic E-state index is -1.05. The summed E-state index contributed by atoms with van der Waals surface area (Å²) in [6.07, 6.45) is 3.32. The highest BCUT2D eigenvalue weighted by Gasteiger charge is 2.58. The predicted molar refractivity (Wildman–Crippen MR) is 100 cm³/mol. The lowest BCUT2D eigenvalue weighted by Gasteiger charge is -2.33. The van der Waals surface area contributed by atoms with Gasteiger partial charge in [0.25, 0.3) is 0 Å². The Morgan fingerprint density at radius 3 is 2.26 bits per heavy atom. The lowest BCUT2D eigenvalue weighted by Crippen LogP contribution is -2.49. The molecule has 1 heterocycles. The van der Waals surface area contributed by atoms with Crippen LogP contribution in [-0.2, 0) is 33.3 Å². The Kier molecular flexibility index (Phi) is 10.6. The number of unbranched alkanes of at least 4 members (excludes halogenated alkanes) is 2. The van der Waals surface area contributed by atoms with Crippen LogP contribution in [0.25, 0.3) is 0 Å².